The summed E-state index contributed by atoms with van der Waals surface area (Å²) in [5.74, 6) is 0. The Labute approximate surface area is 112 Å². The van der Waals surface area contributed by atoms with E-state index in [1.807, 2.05) is 0 Å². The first-order valence-electron chi connectivity index (χ1n) is 5.12. The van der Waals surface area contributed by atoms with Gasteiger partial charge in [0.25, 0.3) is 0 Å². The topological polar surface area (TPSA) is 0 Å². The summed E-state index contributed by atoms with van der Waals surface area (Å²) < 4.78 is 0.0365. The van der Waals surface area contributed by atoms with E-state index in [1.54, 1.807) is 0 Å². The summed E-state index contributed by atoms with van der Waals surface area (Å²) in [5, 5.41) is 0. The van der Waals surface area contributed by atoms with Crippen LogP contribution in [0, 0.1) is 10.8 Å². The van der Waals surface area contributed by atoms with Gasteiger partial charge in [0, 0.05) is 0 Å². The van der Waals surface area contributed by atoms with Gasteiger partial charge >= 0.3 is 22.4 Å². The molecule has 0 N–H and O–H groups in total. The zero-order valence-corrected chi connectivity index (χ0v) is 12.9. The Kier molecular flexibility index (Phi) is 6.78. The molecule has 0 spiro atoms. The van der Waals surface area contributed by atoms with Crippen molar-refractivity contribution in [3.05, 3.63) is 0 Å². The summed E-state index contributed by atoms with van der Waals surface area (Å²) in [7, 11) is 0. The molecule has 14 heavy (non-hydrogen) atoms. The van der Waals surface area contributed by atoms with Crippen molar-refractivity contribution in [1.82, 2.24) is 0 Å². The number of rotatable bonds is 3. The Balaban J connectivity index is 0. The fraction of sp³-hybridized carbons (Fsp3) is 1.00. The molecular formula is C12H25AgS. The molecule has 0 heterocycles. The second kappa shape index (κ2) is 5.43. The van der Waals surface area contributed by atoms with Gasteiger partial charge in [-0.1, -0.05) is 54.9 Å². The van der Waals surface area contributed by atoms with Crippen LogP contribution in [-0.2, 0) is 35.0 Å². The maximum absolute atomic E-state index is 5.42. The monoisotopic (exact) mass is 308 g/mol. The quantitative estimate of drug-likeness (QED) is 0.557. The second-order valence-corrected chi connectivity index (χ2v) is 7.94. The van der Waals surface area contributed by atoms with E-state index in [1.165, 1.54) is 6.42 Å². The van der Waals surface area contributed by atoms with Crippen LogP contribution in [0.4, 0.5) is 0 Å². The molecule has 0 saturated carbocycles. The van der Waals surface area contributed by atoms with Gasteiger partial charge in [-0.15, -0.1) is 0 Å². The molecule has 0 aliphatic carbocycles. The Bertz CT molecular complexity index is 142. The normalized spacial score (nSPS) is 13.7. The maximum Gasteiger partial charge on any atom is 1.00 e. The van der Waals surface area contributed by atoms with E-state index in [0.717, 1.165) is 6.42 Å². The fourth-order valence-corrected chi connectivity index (χ4v) is 3.04. The van der Waals surface area contributed by atoms with Crippen LogP contribution in [0.3, 0.4) is 0 Å². The first-order chi connectivity index (χ1) is 5.41. The van der Waals surface area contributed by atoms with Gasteiger partial charge in [0.05, 0.1) is 0 Å². The van der Waals surface area contributed by atoms with Crippen LogP contribution in [0.2, 0.25) is 0 Å². The predicted molar refractivity (Wildman–Crippen MR) is 63.9 cm³/mol. The third-order valence-electron chi connectivity index (χ3n) is 1.91. The Hall–Kier alpha value is 1.09. The van der Waals surface area contributed by atoms with Crippen molar-refractivity contribution in [2.45, 2.75) is 66.1 Å². The van der Waals surface area contributed by atoms with Gasteiger partial charge in [-0.2, -0.15) is 4.75 Å². The largest absolute Gasteiger partial charge is 1.00 e. The van der Waals surface area contributed by atoms with E-state index >= 15 is 0 Å². The molecule has 0 unspecified atom stereocenters. The van der Waals surface area contributed by atoms with E-state index in [-0.39, 0.29) is 27.1 Å². The van der Waals surface area contributed by atoms with Crippen molar-refractivity contribution in [3.8, 4) is 0 Å². The van der Waals surface area contributed by atoms with E-state index in [0.29, 0.717) is 10.8 Å². The molecule has 0 aliphatic heterocycles. The van der Waals surface area contributed by atoms with E-state index < -0.39 is 0 Å². The summed E-state index contributed by atoms with van der Waals surface area (Å²) in [6, 6.07) is 0. The van der Waals surface area contributed by atoms with Crippen molar-refractivity contribution in [1.29, 1.82) is 0 Å². The second-order valence-electron chi connectivity index (χ2n) is 6.84. The molecule has 2 heteroatoms. The van der Waals surface area contributed by atoms with Crippen molar-refractivity contribution in [3.63, 3.8) is 0 Å². The van der Waals surface area contributed by atoms with E-state index in [9.17, 15) is 0 Å². The average molecular weight is 309 g/mol. The maximum atomic E-state index is 5.42. The molecule has 0 amide bonds. The zero-order valence-electron chi connectivity index (χ0n) is 10.6. The number of hydrogen-bond acceptors (Lipinski definition) is 1. The molecule has 0 atom stereocenters. The Morgan fingerprint density at radius 3 is 1.36 bits per heavy atom. The third kappa shape index (κ3) is 11.2. The first-order valence-corrected chi connectivity index (χ1v) is 5.53. The molecule has 0 radical (unpaired) electrons. The molecule has 0 rings (SSSR count). The van der Waals surface area contributed by atoms with Gasteiger partial charge in [-0.05, 0) is 17.3 Å². The minimum absolute atomic E-state index is 0. The molecular weight excluding hydrogens is 284 g/mol. The van der Waals surface area contributed by atoms with Gasteiger partial charge in [-0.25, -0.2) is 0 Å². The van der Waals surface area contributed by atoms with Crippen LogP contribution < -0.4 is 0 Å². The van der Waals surface area contributed by atoms with Crippen molar-refractivity contribution in [2.24, 2.45) is 10.8 Å². The molecule has 0 aromatic rings. The van der Waals surface area contributed by atoms with Gasteiger partial charge in [-0.3, -0.25) is 0 Å². The van der Waals surface area contributed by atoms with Gasteiger partial charge in [0.2, 0.25) is 0 Å². The predicted octanol–water partition coefficient (Wildman–Crippen LogP) is 4.16. The van der Waals surface area contributed by atoms with Crippen LogP contribution >= 0.6 is 0 Å². The Morgan fingerprint density at radius 1 is 0.786 bits per heavy atom. The SMILES string of the molecule is CC(C)(C)CC(C)(C)CC(C)(C)[S-].[Ag+]. The van der Waals surface area contributed by atoms with Crippen LogP contribution in [0.1, 0.15) is 61.3 Å². The van der Waals surface area contributed by atoms with Crippen LogP contribution in [0.25, 0.3) is 0 Å². The summed E-state index contributed by atoms with van der Waals surface area (Å²) >= 11 is 5.42. The molecule has 0 aliphatic rings. The third-order valence-corrected chi connectivity index (χ3v) is 2.06. The molecule has 0 nitrogen and oxygen atoms in total. The molecule has 90 valence electrons. The van der Waals surface area contributed by atoms with E-state index in [2.05, 4.69) is 48.5 Å². The molecule has 0 aromatic carbocycles. The summed E-state index contributed by atoms with van der Waals surface area (Å²) in [6.07, 6.45) is 2.35. The summed E-state index contributed by atoms with van der Waals surface area (Å²) in [6.45, 7) is 15.8. The Morgan fingerprint density at radius 2 is 1.14 bits per heavy atom. The molecule has 0 saturated heterocycles. The van der Waals surface area contributed by atoms with Gasteiger partial charge in [0.15, 0.2) is 0 Å². The van der Waals surface area contributed by atoms with Crippen molar-refractivity contribution in [2.75, 3.05) is 0 Å². The van der Waals surface area contributed by atoms with Crippen LogP contribution in [0.5, 0.6) is 0 Å². The molecule has 0 fully saturated rings. The van der Waals surface area contributed by atoms with Crippen LogP contribution in [0.15, 0.2) is 0 Å². The van der Waals surface area contributed by atoms with Crippen molar-refractivity contribution < 1.29 is 22.4 Å². The average Bonchev–Trinajstić information content (AvgIpc) is 1.43. The van der Waals surface area contributed by atoms with Crippen LogP contribution in [-0.4, -0.2) is 4.75 Å². The van der Waals surface area contributed by atoms with Crippen molar-refractivity contribution >= 4 is 12.6 Å². The van der Waals surface area contributed by atoms with Gasteiger partial charge in [0.1, 0.15) is 0 Å². The van der Waals surface area contributed by atoms with E-state index in [4.69, 9.17) is 12.6 Å². The minimum Gasteiger partial charge on any atom is -0.786 e. The molecule has 0 aromatic heterocycles. The number of hydrogen-bond donors (Lipinski definition) is 0. The summed E-state index contributed by atoms with van der Waals surface area (Å²) in [5.41, 5.74) is 0.771. The smallest absolute Gasteiger partial charge is 0.786 e. The zero-order chi connectivity index (χ0) is 10.9. The minimum atomic E-state index is 0. The first kappa shape index (κ1) is 17.5. The molecule has 0 bridgehead atoms. The fourth-order valence-electron chi connectivity index (χ4n) is 2.65. The van der Waals surface area contributed by atoms with Gasteiger partial charge < -0.3 is 12.6 Å². The summed E-state index contributed by atoms with van der Waals surface area (Å²) in [4.78, 5) is 0. The standard InChI is InChI=1S/C12H26S.Ag/c1-10(2,3)8-11(4,5)9-12(6,7)13;/h13H,8-9H2,1-7H3;/q;+1/p-1.